The maximum atomic E-state index is 2.44. The molecule has 1 heteroatoms. The summed E-state index contributed by atoms with van der Waals surface area (Å²) in [5.41, 5.74) is 5.80. The highest BCUT2D eigenvalue weighted by atomic mass is 15.1. The van der Waals surface area contributed by atoms with Crippen molar-refractivity contribution >= 4 is 5.69 Å². The molecule has 0 heterocycles. The van der Waals surface area contributed by atoms with Crippen molar-refractivity contribution in [2.45, 2.75) is 41.0 Å². The van der Waals surface area contributed by atoms with Gasteiger partial charge in [-0.25, -0.2) is 0 Å². The average molecular weight is 205 g/mol. The van der Waals surface area contributed by atoms with E-state index < -0.39 is 0 Å². The van der Waals surface area contributed by atoms with E-state index in [1.807, 2.05) is 0 Å². The fraction of sp³-hybridized carbons (Fsp3) is 0.571. The summed E-state index contributed by atoms with van der Waals surface area (Å²) in [5, 5.41) is 0. The van der Waals surface area contributed by atoms with E-state index in [4.69, 9.17) is 0 Å². The highest BCUT2D eigenvalue weighted by molar-refractivity contribution is 5.58. The maximum Gasteiger partial charge on any atom is 0.0401 e. The van der Waals surface area contributed by atoms with Gasteiger partial charge in [0.05, 0.1) is 0 Å². The van der Waals surface area contributed by atoms with Gasteiger partial charge in [-0.15, -0.1) is 0 Å². The van der Waals surface area contributed by atoms with Crippen molar-refractivity contribution in [1.29, 1.82) is 0 Å². The zero-order valence-electron chi connectivity index (χ0n) is 10.7. The van der Waals surface area contributed by atoms with Crippen LogP contribution in [0.15, 0.2) is 12.1 Å². The summed E-state index contributed by atoms with van der Waals surface area (Å²) in [4.78, 5) is 2.44. The third-order valence-corrected chi connectivity index (χ3v) is 3.30. The molecule has 0 saturated carbocycles. The van der Waals surface area contributed by atoms with Gasteiger partial charge in [0.15, 0.2) is 0 Å². The highest BCUT2D eigenvalue weighted by Gasteiger charge is 2.10. The second-order valence-corrected chi connectivity index (χ2v) is 4.03. The summed E-state index contributed by atoms with van der Waals surface area (Å²) in [7, 11) is 0. The second-order valence-electron chi connectivity index (χ2n) is 4.03. The van der Waals surface area contributed by atoms with Crippen molar-refractivity contribution in [2.75, 3.05) is 18.0 Å². The Morgan fingerprint density at radius 1 is 1.00 bits per heavy atom. The first kappa shape index (κ1) is 12.1. The summed E-state index contributed by atoms with van der Waals surface area (Å²) in [5.74, 6) is 0. The van der Waals surface area contributed by atoms with Gasteiger partial charge >= 0.3 is 0 Å². The van der Waals surface area contributed by atoms with E-state index in [9.17, 15) is 0 Å². The lowest BCUT2D eigenvalue weighted by molar-refractivity contribution is 0.853. The molecule has 0 aliphatic carbocycles. The Balaban J connectivity index is 3.23. The molecule has 1 nitrogen and oxygen atoms in total. The fourth-order valence-corrected chi connectivity index (χ4v) is 2.17. The minimum atomic E-state index is 1.09. The summed E-state index contributed by atoms with van der Waals surface area (Å²) < 4.78 is 0. The number of hydrogen-bond acceptors (Lipinski definition) is 1. The van der Waals surface area contributed by atoms with Crippen LogP contribution in [-0.2, 0) is 6.42 Å². The summed E-state index contributed by atoms with van der Waals surface area (Å²) >= 11 is 0. The van der Waals surface area contributed by atoms with Crippen LogP contribution in [0, 0.1) is 13.8 Å². The molecule has 0 atom stereocenters. The smallest absolute Gasteiger partial charge is 0.0401 e. The van der Waals surface area contributed by atoms with Crippen LogP contribution >= 0.6 is 0 Å². The Kier molecular flexibility index (Phi) is 4.19. The van der Waals surface area contributed by atoms with Crippen LogP contribution in [0.3, 0.4) is 0 Å². The topological polar surface area (TPSA) is 3.24 Å². The molecule has 0 spiro atoms. The standard InChI is InChI=1S/C14H23N/c1-6-13-12(5)11(4)9-10-14(13)15(7-2)8-3/h9-10H,6-8H2,1-5H3. The van der Waals surface area contributed by atoms with E-state index in [2.05, 4.69) is 51.7 Å². The van der Waals surface area contributed by atoms with Crippen LogP contribution in [0.4, 0.5) is 5.69 Å². The Labute approximate surface area is 94.1 Å². The van der Waals surface area contributed by atoms with Crippen LogP contribution in [0.5, 0.6) is 0 Å². The minimum Gasteiger partial charge on any atom is -0.372 e. The monoisotopic (exact) mass is 205 g/mol. The van der Waals surface area contributed by atoms with Crippen LogP contribution < -0.4 is 4.90 Å². The lowest BCUT2D eigenvalue weighted by Crippen LogP contribution is -2.23. The Bertz CT molecular complexity index is 324. The molecule has 0 aliphatic heterocycles. The molecule has 0 saturated heterocycles. The molecule has 0 amide bonds. The van der Waals surface area contributed by atoms with Crippen molar-refractivity contribution in [1.82, 2.24) is 0 Å². The minimum absolute atomic E-state index is 1.09. The molecular weight excluding hydrogens is 182 g/mol. The molecule has 1 aromatic rings. The van der Waals surface area contributed by atoms with E-state index in [0.29, 0.717) is 0 Å². The first-order valence-electron chi connectivity index (χ1n) is 5.99. The van der Waals surface area contributed by atoms with Gasteiger partial charge in [-0.2, -0.15) is 0 Å². The van der Waals surface area contributed by atoms with Crippen LogP contribution in [0.1, 0.15) is 37.5 Å². The average Bonchev–Trinajstić information content (AvgIpc) is 2.25. The third-order valence-electron chi connectivity index (χ3n) is 3.30. The van der Waals surface area contributed by atoms with Gasteiger partial charge in [0, 0.05) is 18.8 Å². The predicted molar refractivity (Wildman–Crippen MR) is 68.9 cm³/mol. The molecule has 0 aromatic heterocycles. The first-order valence-corrected chi connectivity index (χ1v) is 5.99. The molecule has 0 radical (unpaired) electrons. The van der Waals surface area contributed by atoms with E-state index in [-0.39, 0.29) is 0 Å². The van der Waals surface area contributed by atoms with Gasteiger partial charge in [0.2, 0.25) is 0 Å². The number of nitrogens with zero attached hydrogens (tertiary/aromatic N) is 1. The number of anilines is 1. The van der Waals surface area contributed by atoms with Crippen LogP contribution in [0.25, 0.3) is 0 Å². The van der Waals surface area contributed by atoms with E-state index in [1.54, 1.807) is 0 Å². The summed E-state index contributed by atoms with van der Waals surface area (Å²) in [6, 6.07) is 4.51. The number of hydrogen-bond donors (Lipinski definition) is 0. The van der Waals surface area contributed by atoms with Gasteiger partial charge < -0.3 is 4.90 Å². The van der Waals surface area contributed by atoms with Crippen LogP contribution in [-0.4, -0.2) is 13.1 Å². The summed E-state index contributed by atoms with van der Waals surface area (Å²) in [6.45, 7) is 13.3. The van der Waals surface area contributed by atoms with Gasteiger partial charge in [0.25, 0.3) is 0 Å². The van der Waals surface area contributed by atoms with E-state index in [0.717, 1.165) is 19.5 Å². The van der Waals surface area contributed by atoms with Gasteiger partial charge in [0.1, 0.15) is 0 Å². The van der Waals surface area contributed by atoms with Crippen molar-refractivity contribution in [3.05, 3.63) is 28.8 Å². The quantitative estimate of drug-likeness (QED) is 0.724. The Morgan fingerprint density at radius 3 is 2.07 bits per heavy atom. The third kappa shape index (κ3) is 2.34. The predicted octanol–water partition coefficient (Wildman–Crippen LogP) is 3.71. The highest BCUT2D eigenvalue weighted by Crippen LogP contribution is 2.26. The van der Waals surface area contributed by atoms with Gasteiger partial charge in [-0.1, -0.05) is 13.0 Å². The van der Waals surface area contributed by atoms with Crippen molar-refractivity contribution in [3.63, 3.8) is 0 Å². The first-order chi connectivity index (χ1) is 7.15. The number of rotatable bonds is 4. The van der Waals surface area contributed by atoms with E-state index in [1.165, 1.54) is 22.4 Å². The van der Waals surface area contributed by atoms with E-state index >= 15 is 0 Å². The molecule has 0 fully saturated rings. The zero-order chi connectivity index (χ0) is 11.4. The summed E-state index contributed by atoms with van der Waals surface area (Å²) in [6.07, 6.45) is 1.12. The largest absolute Gasteiger partial charge is 0.372 e. The van der Waals surface area contributed by atoms with Gasteiger partial charge in [-0.3, -0.25) is 0 Å². The molecule has 0 bridgehead atoms. The molecule has 0 N–H and O–H groups in total. The normalized spacial score (nSPS) is 10.5. The molecule has 1 rings (SSSR count). The maximum absolute atomic E-state index is 2.44. The Morgan fingerprint density at radius 2 is 1.60 bits per heavy atom. The fourth-order valence-electron chi connectivity index (χ4n) is 2.17. The molecular formula is C14H23N. The molecule has 0 unspecified atom stereocenters. The molecule has 1 aromatic carbocycles. The number of benzene rings is 1. The van der Waals surface area contributed by atoms with Crippen molar-refractivity contribution < 1.29 is 0 Å². The SMILES string of the molecule is CCc1c(N(CC)CC)ccc(C)c1C. The zero-order valence-corrected chi connectivity index (χ0v) is 10.7. The number of aryl methyl sites for hydroxylation is 1. The lowest BCUT2D eigenvalue weighted by atomic mass is 9.98. The molecule has 84 valence electrons. The van der Waals surface area contributed by atoms with Crippen molar-refractivity contribution in [2.24, 2.45) is 0 Å². The Hall–Kier alpha value is -0.980. The van der Waals surface area contributed by atoms with Crippen molar-refractivity contribution in [3.8, 4) is 0 Å². The lowest BCUT2D eigenvalue weighted by Gasteiger charge is -2.25. The van der Waals surface area contributed by atoms with Crippen LogP contribution in [0.2, 0.25) is 0 Å². The molecule has 0 aliphatic rings. The second kappa shape index (κ2) is 5.20. The molecule has 15 heavy (non-hydrogen) atoms. The van der Waals surface area contributed by atoms with Gasteiger partial charge in [-0.05, 0) is 56.9 Å².